The molecule has 1 unspecified atom stereocenters. The first-order valence-electron chi connectivity index (χ1n) is 10.8. The van der Waals surface area contributed by atoms with Gasteiger partial charge in [-0.25, -0.2) is 4.98 Å². The smallest absolute Gasteiger partial charge is 0.262 e. The van der Waals surface area contributed by atoms with Crippen molar-refractivity contribution in [1.82, 2.24) is 9.55 Å². The molecular weight excluding hydrogens is 424 g/mol. The summed E-state index contributed by atoms with van der Waals surface area (Å²) < 4.78 is 6.87. The Hall–Kier alpha value is -2.84. The Kier molecular flexibility index (Phi) is 7.12. The Morgan fingerprint density at radius 1 is 1.16 bits per heavy atom. The van der Waals surface area contributed by atoms with Gasteiger partial charge in [0.05, 0.1) is 29.3 Å². The van der Waals surface area contributed by atoms with Gasteiger partial charge in [-0.3, -0.25) is 14.2 Å². The summed E-state index contributed by atoms with van der Waals surface area (Å²) in [5.41, 5.74) is 2.45. The summed E-state index contributed by atoms with van der Waals surface area (Å²) in [6.45, 7) is 4.46. The number of thioether (sulfide) groups is 1. The maximum absolute atomic E-state index is 13.1. The standard InChI is InChI=1S/C24H28N4O3S/c1-17(15-31-2)28-23(30)20-7-3-4-8-21(20)26-24(28)32-16-22(29)25-18-9-11-19(12-10-18)27-13-5-6-14-27/h3-4,7-12,17H,5-6,13-16H2,1-2H3,(H,25,29). The van der Waals surface area contributed by atoms with Crippen molar-refractivity contribution in [2.24, 2.45) is 0 Å². The number of methoxy groups -OCH3 is 1. The van der Waals surface area contributed by atoms with E-state index in [-0.39, 0.29) is 23.3 Å². The van der Waals surface area contributed by atoms with E-state index >= 15 is 0 Å². The van der Waals surface area contributed by atoms with Gasteiger partial charge in [-0.15, -0.1) is 0 Å². The lowest BCUT2D eigenvalue weighted by atomic mass is 10.2. The predicted octanol–water partition coefficient (Wildman–Crippen LogP) is 3.93. The summed E-state index contributed by atoms with van der Waals surface area (Å²) in [5, 5.41) is 4.01. The first-order valence-corrected chi connectivity index (χ1v) is 11.8. The molecule has 0 saturated carbocycles. The van der Waals surface area contributed by atoms with Crippen molar-refractivity contribution >= 4 is 39.9 Å². The fraction of sp³-hybridized carbons (Fsp3) is 0.375. The zero-order chi connectivity index (χ0) is 22.5. The number of fused-ring (bicyclic) bond motifs is 1. The summed E-state index contributed by atoms with van der Waals surface area (Å²) in [7, 11) is 1.60. The number of rotatable bonds is 8. The van der Waals surface area contributed by atoms with Crippen LogP contribution in [0.4, 0.5) is 11.4 Å². The van der Waals surface area contributed by atoms with E-state index in [2.05, 4.69) is 15.2 Å². The van der Waals surface area contributed by atoms with Crippen LogP contribution in [-0.4, -0.2) is 48.0 Å². The third kappa shape index (κ3) is 4.97. The number of amides is 1. The zero-order valence-corrected chi connectivity index (χ0v) is 19.2. The van der Waals surface area contributed by atoms with E-state index in [0.717, 1.165) is 18.8 Å². The van der Waals surface area contributed by atoms with E-state index in [4.69, 9.17) is 4.74 Å². The summed E-state index contributed by atoms with van der Waals surface area (Å²) >= 11 is 1.26. The zero-order valence-electron chi connectivity index (χ0n) is 18.4. The third-order valence-electron chi connectivity index (χ3n) is 5.58. The molecule has 1 aliphatic heterocycles. The number of anilines is 2. The van der Waals surface area contributed by atoms with Crippen LogP contribution in [0.15, 0.2) is 58.5 Å². The molecule has 7 nitrogen and oxygen atoms in total. The highest BCUT2D eigenvalue weighted by Crippen LogP contribution is 2.24. The van der Waals surface area contributed by atoms with Crippen LogP contribution in [-0.2, 0) is 9.53 Å². The van der Waals surface area contributed by atoms with Crippen LogP contribution < -0.4 is 15.8 Å². The molecule has 1 atom stereocenters. The van der Waals surface area contributed by atoms with E-state index in [1.165, 1.54) is 30.3 Å². The molecule has 1 amide bonds. The second kappa shape index (κ2) is 10.2. The van der Waals surface area contributed by atoms with E-state index in [0.29, 0.717) is 22.7 Å². The maximum atomic E-state index is 13.1. The van der Waals surface area contributed by atoms with Gasteiger partial charge in [0, 0.05) is 31.6 Å². The third-order valence-corrected chi connectivity index (χ3v) is 6.53. The van der Waals surface area contributed by atoms with Crippen molar-refractivity contribution in [3.63, 3.8) is 0 Å². The molecule has 168 valence electrons. The number of ether oxygens (including phenoxy) is 1. The molecular formula is C24H28N4O3S. The molecule has 0 radical (unpaired) electrons. The highest BCUT2D eigenvalue weighted by atomic mass is 32.2. The topological polar surface area (TPSA) is 76.5 Å². The minimum atomic E-state index is -0.201. The van der Waals surface area contributed by atoms with Gasteiger partial charge in [-0.05, 0) is 56.2 Å². The average molecular weight is 453 g/mol. The van der Waals surface area contributed by atoms with Gasteiger partial charge in [0.2, 0.25) is 5.91 Å². The molecule has 8 heteroatoms. The number of carbonyl (C=O) groups excluding carboxylic acids is 1. The lowest BCUT2D eigenvalue weighted by Crippen LogP contribution is -2.29. The number of aromatic nitrogens is 2. The van der Waals surface area contributed by atoms with Crippen molar-refractivity contribution < 1.29 is 9.53 Å². The van der Waals surface area contributed by atoms with Crippen LogP contribution >= 0.6 is 11.8 Å². The van der Waals surface area contributed by atoms with Crippen LogP contribution in [0.2, 0.25) is 0 Å². The molecule has 0 aliphatic carbocycles. The van der Waals surface area contributed by atoms with E-state index in [9.17, 15) is 9.59 Å². The highest BCUT2D eigenvalue weighted by molar-refractivity contribution is 7.99. The molecule has 2 aromatic carbocycles. The van der Waals surface area contributed by atoms with Crippen molar-refractivity contribution in [1.29, 1.82) is 0 Å². The monoisotopic (exact) mass is 452 g/mol. The molecule has 32 heavy (non-hydrogen) atoms. The second-order valence-corrected chi connectivity index (χ2v) is 8.91. The van der Waals surface area contributed by atoms with E-state index in [1.807, 2.05) is 49.4 Å². The maximum Gasteiger partial charge on any atom is 0.262 e. The van der Waals surface area contributed by atoms with Crippen molar-refractivity contribution in [3.05, 3.63) is 58.9 Å². The SMILES string of the molecule is COCC(C)n1c(SCC(=O)Nc2ccc(N3CCCC3)cc2)nc2ccccc2c1=O. The second-order valence-electron chi connectivity index (χ2n) is 7.97. The average Bonchev–Trinajstić information content (AvgIpc) is 3.33. The van der Waals surface area contributed by atoms with E-state index in [1.54, 1.807) is 17.7 Å². The lowest BCUT2D eigenvalue weighted by molar-refractivity contribution is -0.113. The fourth-order valence-corrected chi connectivity index (χ4v) is 4.89. The molecule has 3 aromatic rings. The normalized spacial score (nSPS) is 14.6. The van der Waals surface area contributed by atoms with Gasteiger partial charge in [0.25, 0.3) is 5.56 Å². The van der Waals surface area contributed by atoms with Gasteiger partial charge in [-0.1, -0.05) is 23.9 Å². The minimum absolute atomic E-state index is 0.124. The van der Waals surface area contributed by atoms with Crippen molar-refractivity contribution in [3.8, 4) is 0 Å². The Morgan fingerprint density at radius 2 is 1.88 bits per heavy atom. The number of nitrogens with one attached hydrogen (secondary N) is 1. The molecule has 2 heterocycles. The van der Waals surface area contributed by atoms with Crippen LogP contribution in [0.25, 0.3) is 10.9 Å². The summed E-state index contributed by atoms with van der Waals surface area (Å²) in [5.74, 6) is 0.00974. The van der Waals surface area contributed by atoms with Gasteiger partial charge in [0.15, 0.2) is 5.16 Å². The minimum Gasteiger partial charge on any atom is -0.383 e. The van der Waals surface area contributed by atoms with Crippen molar-refractivity contribution in [2.45, 2.75) is 31.0 Å². The van der Waals surface area contributed by atoms with Gasteiger partial charge >= 0.3 is 0 Å². The van der Waals surface area contributed by atoms with Crippen LogP contribution in [0, 0.1) is 0 Å². The molecule has 0 spiro atoms. The number of hydrogen-bond donors (Lipinski definition) is 1. The summed E-state index contributed by atoms with van der Waals surface area (Å²) in [6.07, 6.45) is 2.46. The molecule has 1 fully saturated rings. The largest absolute Gasteiger partial charge is 0.383 e. The quantitative estimate of drug-likeness (QED) is 0.412. The van der Waals surface area contributed by atoms with Crippen LogP contribution in [0.3, 0.4) is 0 Å². The van der Waals surface area contributed by atoms with E-state index < -0.39 is 0 Å². The fourth-order valence-electron chi connectivity index (χ4n) is 3.99. The number of benzene rings is 2. The first kappa shape index (κ1) is 22.4. The summed E-state index contributed by atoms with van der Waals surface area (Å²) in [4.78, 5) is 32.7. The number of carbonyl (C=O) groups is 1. The Bertz CT molecular complexity index is 1140. The summed E-state index contributed by atoms with van der Waals surface area (Å²) in [6, 6.07) is 15.0. The Labute approximate surface area is 191 Å². The number of para-hydroxylation sites is 1. The predicted molar refractivity (Wildman–Crippen MR) is 130 cm³/mol. The van der Waals surface area contributed by atoms with Crippen molar-refractivity contribution in [2.75, 3.05) is 42.8 Å². The van der Waals surface area contributed by atoms with Gasteiger partial charge in [-0.2, -0.15) is 0 Å². The highest BCUT2D eigenvalue weighted by Gasteiger charge is 2.18. The Morgan fingerprint density at radius 3 is 2.59 bits per heavy atom. The Balaban J connectivity index is 1.47. The number of nitrogens with zero attached hydrogens (tertiary/aromatic N) is 3. The number of hydrogen-bond acceptors (Lipinski definition) is 6. The first-order chi connectivity index (χ1) is 15.6. The molecule has 0 bridgehead atoms. The van der Waals surface area contributed by atoms with Gasteiger partial charge < -0.3 is 15.0 Å². The molecule has 1 aromatic heterocycles. The van der Waals surface area contributed by atoms with Crippen LogP contribution in [0.5, 0.6) is 0 Å². The molecule has 1 N–H and O–H groups in total. The van der Waals surface area contributed by atoms with Crippen LogP contribution in [0.1, 0.15) is 25.8 Å². The van der Waals surface area contributed by atoms with Gasteiger partial charge in [0.1, 0.15) is 0 Å². The lowest BCUT2D eigenvalue weighted by Gasteiger charge is -2.19. The molecule has 1 saturated heterocycles. The molecule has 4 rings (SSSR count). The molecule has 1 aliphatic rings.